The third-order valence-corrected chi connectivity index (χ3v) is 7.11. The van der Waals surface area contributed by atoms with Crippen molar-refractivity contribution in [2.45, 2.75) is 19.9 Å². The molecule has 144 valence electrons. The zero-order valence-electron chi connectivity index (χ0n) is 16.1. The molecule has 0 aliphatic carbocycles. The lowest BCUT2D eigenvalue weighted by molar-refractivity contribution is -0.119. The van der Waals surface area contributed by atoms with Crippen LogP contribution in [0.3, 0.4) is 0 Å². The first kappa shape index (κ1) is 19.0. The Morgan fingerprint density at radius 2 is 1.61 bits per heavy atom. The Bertz CT molecular complexity index is 1050. The Balaban J connectivity index is 1.50. The summed E-state index contributed by atoms with van der Waals surface area (Å²) < 4.78 is 2.27. The van der Waals surface area contributed by atoms with Crippen molar-refractivity contribution in [2.75, 3.05) is 25.0 Å². The molecule has 2 aromatic heterocycles. The number of para-hydroxylation sites is 2. The lowest BCUT2D eigenvalue weighted by Crippen LogP contribution is -2.39. The number of benzene rings is 2. The van der Waals surface area contributed by atoms with E-state index in [4.69, 9.17) is 4.98 Å². The maximum absolute atomic E-state index is 13.0. The number of anilines is 1. The Kier molecular flexibility index (Phi) is 5.39. The number of carbonyl (C=O) groups excluding carboxylic acids is 1. The van der Waals surface area contributed by atoms with Gasteiger partial charge in [-0.2, -0.15) is 0 Å². The summed E-state index contributed by atoms with van der Waals surface area (Å²) in [5.74, 6) is 0.0528. The highest BCUT2D eigenvalue weighted by Crippen LogP contribution is 2.30. The van der Waals surface area contributed by atoms with E-state index >= 15 is 0 Å². The molecule has 0 fully saturated rings. The van der Waals surface area contributed by atoms with E-state index in [0.29, 0.717) is 13.1 Å². The van der Waals surface area contributed by atoms with Gasteiger partial charge < -0.3 is 0 Å². The Hall–Kier alpha value is -2.35. The maximum Gasteiger partial charge on any atom is 0.242 e. The van der Waals surface area contributed by atoms with Crippen molar-refractivity contribution in [2.24, 2.45) is 0 Å². The zero-order valence-corrected chi connectivity index (χ0v) is 17.8. The fraction of sp³-hybridized carbons (Fsp3) is 0.286. The highest BCUT2D eigenvalue weighted by molar-refractivity contribution is 7.22. The number of amides is 1. The van der Waals surface area contributed by atoms with Gasteiger partial charge in [-0.1, -0.05) is 35.6 Å². The van der Waals surface area contributed by atoms with E-state index in [0.717, 1.165) is 25.9 Å². The SMILES string of the molecule is CCN(C(=O)CN(C)C(C)c1nc2ccccc2s1)c1nc2ccccc2s1. The van der Waals surface area contributed by atoms with Gasteiger partial charge in [0, 0.05) is 6.54 Å². The summed E-state index contributed by atoms with van der Waals surface area (Å²) in [7, 11) is 1.97. The van der Waals surface area contributed by atoms with Gasteiger partial charge in [-0.25, -0.2) is 9.97 Å². The van der Waals surface area contributed by atoms with E-state index in [2.05, 4.69) is 22.9 Å². The predicted molar refractivity (Wildman–Crippen MR) is 118 cm³/mol. The molecular weight excluding hydrogens is 388 g/mol. The average molecular weight is 411 g/mol. The topological polar surface area (TPSA) is 49.3 Å². The first-order valence-corrected chi connectivity index (χ1v) is 10.9. The molecule has 0 saturated heterocycles. The number of carbonyl (C=O) groups is 1. The number of rotatable bonds is 6. The summed E-state index contributed by atoms with van der Waals surface area (Å²) in [6.45, 7) is 5.00. The second-order valence-corrected chi connectivity index (χ2v) is 8.78. The highest BCUT2D eigenvalue weighted by atomic mass is 32.1. The minimum atomic E-state index is 0.0528. The van der Waals surface area contributed by atoms with Gasteiger partial charge in [-0.3, -0.25) is 14.6 Å². The summed E-state index contributed by atoms with van der Waals surface area (Å²) in [5.41, 5.74) is 1.95. The molecule has 2 aromatic carbocycles. The molecule has 4 rings (SSSR count). The van der Waals surface area contributed by atoms with Crippen LogP contribution in [0, 0.1) is 0 Å². The minimum Gasteiger partial charge on any atom is -0.288 e. The molecule has 4 aromatic rings. The van der Waals surface area contributed by atoms with Crippen LogP contribution in [0.1, 0.15) is 24.9 Å². The van der Waals surface area contributed by atoms with Crippen LogP contribution in [-0.4, -0.2) is 40.9 Å². The fourth-order valence-corrected chi connectivity index (χ4v) is 5.22. The number of aromatic nitrogens is 2. The van der Waals surface area contributed by atoms with E-state index in [1.807, 2.05) is 56.4 Å². The molecule has 0 N–H and O–H groups in total. The van der Waals surface area contributed by atoms with Crippen LogP contribution in [0.4, 0.5) is 5.13 Å². The maximum atomic E-state index is 13.0. The highest BCUT2D eigenvalue weighted by Gasteiger charge is 2.23. The van der Waals surface area contributed by atoms with Gasteiger partial charge in [0.05, 0.1) is 33.0 Å². The van der Waals surface area contributed by atoms with E-state index in [1.165, 1.54) is 4.70 Å². The molecule has 0 bridgehead atoms. The number of fused-ring (bicyclic) bond motifs is 2. The number of nitrogens with zero attached hydrogens (tertiary/aromatic N) is 4. The van der Waals surface area contributed by atoms with Crippen LogP contribution >= 0.6 is 22.7 Å². The molecule has 1 unspecified atom stereocenters. The van der Waals surface area contributed by atoms with Gasteiger partial charge in [0.15, 0.2) is 5.13 Å². The quantitative estimate of drug-likeness (QED) is 0.451. The van der Waals surface area contributed by atoms with E-state index in [-0.39, 0.29) is 11.9 Å². The molecule has 0 saturated carbocycles. The summed E-state index contributed by atoms with van der Waals surface area (Å²) in [5, 5.41) is 1.79. The molecular formula is C21H22N4OS2. The van der Waals surface area contributed by atoms with Crippen molar-refractivity contribution in [3.05, 3.63) is 53.5 Å². The van der Waals surface area contributed by atoms with Crippen LogP contribution in [0.15, 0.2) is 48.5 Å². The summed E-state index contributed by atoms with van der Waals surface area (Å²) >= 11 is 3.24. The fourth-order valence-electron chi connectivity index (χ4n) is 3.09. The lowest BCUT2D eigenvalue weighted by atomic mass is 10.3. The molecule has 7 heteroatoms. The third-order valence-electron chi connectivity index (χ3n) is 4.84. The number of hydrogen-bond donors (Lipinski definition) is 0. The average Bonchev–Trinajstić information content (AvgIpc) is 3.31. The third kappa shape index (κ3) is 3.65. The van der Waals surface area contributed by atoms with Crippen molar-refractivity contribution in [3.8, 4) is 0 Å². The van der Waals surface area contributed by atoms with Gasteiger partial charge in [-0.15, -0.1) is 11.3 Å². The Labute approximate surface area is 172 Å². The van der Waals surface area contributed by atoms with Crippen LogP contribution in [-0.2, 0) is 4.79 Å². The van der Waals surface area contributed by atoms with Crippen LogP contribution in [0.25, 0.3) is 20.4 Å². The van der Waals surface area contributed by atoms with Gasteiger partial charge in [0.2, 0.25) is 5.91 Å². The second-order valence-electron chi connectivity index (χ2n) is 6.71. The van der Waals surface area contributed by atoms with Crippen molar-refractivity contribution in [1.29, 1.82) is 0 Å². The smallest absolute Gasteiger partial charge is 0.242 e. The standard InChI is InChI=1S/C21H22N4OS2/c1-4-25(21-23-16-10-6-8-12-18(16)28-21)19(26)13-24(3)14(2)20-22-15-9-5-7-11-17(15)27-20/h5-12,14H,4,13H2,1-3H3. The summed E-state index contributed by atoms with van der Waals surface area (Å²) in [6.07, 6.45) is 0. The monoisotopic (exact) mass is 410 g/mol. The number of thiazole rings is 2. The normalized spacial score (nSPS) is 12.7. The number of likely N-dealkylation sites (N-methyl/N-ethyl adjacent to an activating group) is 2. The van der Waals surface area contributed by atoms with E-state index < -0.39 is 0 Å². The van der Waals surface area contributed by atoms with Gasteiger partial charge >= 0.3 is 0 Å². The first-order chi connectivity index (χ1) is 13.6. The van der Waals surface area contributed by atoms with Crippen LogP contribution in [0.2, 0.25) is 0 Å². The molecule has 0 aliphatic rings. The Morgan fingerprint density at radius 3 is 2.21 bits per heavy atom. The van der Waals surface area contributed by atoms with E-state index in [1.54, 1.807) is 27.6 Å². The summed E-state index contributed by atoms with van der Waals surface area (Å²) in [6, 6.07) is 16.2. The largest absolute Gasteiger partial charge is 0.288 e. The zero-order chi connectivity index (χ0) is 19.7. The second kappa shape index (κ2) is 7.95. The molecule has 1 atom stereocenters. The summed E-state index contributed by atoms with van der Waals surface area (Å²) in [4.78, 5) is 26.2. The van der Waals surface area contributed by atoms with Crippen molar-refractivity contribution in [3.63, 3.8) is 0 Å². The molecule has 5 nitrogen and oxygen atoms in total. The first-order valence-electron chi connectivity index (χ1n) is 9.28. The molecule has 0 aliphatic heterocycles. The van der Waals surface area contributed by atoms with Crippen molar-refractivity contribution >= 4 is 54.1 Å². The lowest BCUT2D eigenvalue weighted by Gasteiger charge is -2.25. The molecule has 1 amide bonds. The van der Waals surface area contributed by atoms with Crippen molar-refractivity contribution in [1.82, 2.24) is 14.9 Å². The van der Waals surface area contributed by atoms with Crippen LogP contribution in [0.5, 0.6) is 0 Å². The number of hydrogen-bond acceptors (Lipinski definition) is 6. The van der Waals surface area contributed by atoms with Gasteiger partial charge in [-0.05, 0) is 45.2 Å². The molecule has 0 radical (unpaired) electrons. The van der Waals surface area contributed by atoms with Gasteiger partial charge in [0.25, 0.3) is 0 Å². The minimum absolute atomic E-state index is 0.0528. The molecule has 28 heavy (non-hydrogen) atoms. The molecule has 2 heterocycles. The molecule has 0 spiro atoms. The van der Waals surface area contributed by atoms with Gasteiger partial charge in [0.1, 0.15) is 5.01 Å². The van der Waals surface area contributed by atoms with Crippen LogP contribution < -0.4 is 4.90 Å². The van der Waals surface area contributed by atoms with Crippen molar-refractivity contribution < 1.29 is 4.79 Å². The Morgan fingerprint density at radius 1 is 1.00 bits per heavy atom. The van der Waals surface area contributed by atoms with E-state index in [9.17, 15) is 4.79 Å². The predicted octanol–water partition coefficient (Wildman–Crippen LogP) is 4.95.